The molecule has 0 aromatic heterocycles. The van der Waals surface area contributed by atoms with E-state index in [9.17, 15) is 0 Å². The lowest BCUT2D eigenvalue weighted by molar-refractivity contribution is 0.896. The monoisotopic (exact) mass is 230 g/mol. The van der Waals surface area contributed by atoms with Gasteiger partial charge in [0.05, 0.1) is 0 Å². The molecule has 2 aromatic carbocycles. The van der Waals surface area contributed by atoms with Gasteiger partial charge >= 0.3 is 0 Å². The fourth-order valence-electron chi connectivity index (χ4n) is 1.77. The summed E-state index contributed by atoms with van der Waals surface area (Å²) < 4.78 is 0. The fraction of sp³-hybridized carbons (Fsp3) is 0.333. The van der Waals surface area contributed by atoms with Crippen molar-refractivity contribution in [2.75, 3.05) is 5.75 Å². The minimum atomic E-state index is 1.23. The van der Waals surface area contributed by atoms with E-state index in [1.54, 1.807) is 0 Å². The standard InChI is InChI=1S/C15H18S/c1-3-4-9-16-15-8-7-13-10-12(2)5-6-14(13)11-15/h5-8,10-11H,3-4,9H2,1-2H3. The molecule has 0 aliphatic carbocycles. The van der Waals surface area contributed by atoms with Crippen LogP contribution in [0.1, 0.15) is 25.3 Å². The van der Waals surface area contributed by atoms with E-state index in [2.05, 4.69) is 50.2 Å². The van der Waals surface area contributed by atoms with Crippen molar-refractivity contribution in [3.63, 3.8) is 0 Å². The normalized spacial score (nSPS) is 10.9. The lowest BCUT2D eigenvalue weighted by atomic mass is 10.1. The van der Waals surface area contributed by atoms with E-state index in [4.69, 9.17) is 0 Å². The Bertz CT molecular complexity index is 474. The molecule has 0 aliphatic heterocycles. The number of rotatable bonds is 4. The van der Waals surface area contributed by atoms with Gasteiger partial charge in [0.25, 0.3) is 0 Å². The summed E-state index contributed by atoms with van der Waals surface area (Å²) in [5.41, 5.74) is 1.33. The summed E-state index contributed by atoms with van der Waals surface area (Å²) in [6.07, 6.45) is 2.58. The molecule has 0 heterocycles. The molecule has 0 saturated carbocycles. The zero-order chi connectivity index (χ0) is 11.4. The third-order valence-corrected chi connectivity index (χ3v) is 3.81. The van der Waals surface area contributed by atoms with Crippen molar-refractivity contribution in [1.29, 1.82) is 0 Å². The molecule has 0 fully saturated rings. The summed E-state index contributed by atoms with van der Waals surface area (Å²) in [5, 5.41) is 2.70. The first-order chi connectivity index (χ1) is 7.79. The molecule has 2 aromatic rings. The molecule has 1 heteroatoms. The fourth-order valence-corrected chi connectivity index (χ4v) is 2.81. The van der Waals surface area contributed by atoms with Gasteiger partial charge in [-0.3, -0.25) is 0 Å². The molecule has 0 unspecified atom stereocenters. The average Bonchev–Trinajstić information content (AvgIpc) is 2.29. The lowest BCUT2D eigenvalue weighted by Crippen LogP contribution is -1.80. The van der Waals surface area contributed by atoms with E-state index in [1.165, 1.54) is 39.8 Å². The molecule has 84 valence electrons. The topological polar surface area (TPSA) is 0 Å². The number of fused-ring (bicyclic) bond motifs is 1. The van der Waals surface area contributed by atoms with E-state index >= 15 is 0 Å². The van der Waals surface area contributed by atoms with Crippen LogP contribution in [-0.4, -0.2) is 5.75 Å². The van der Waals surface area contributed by atoms with E-state index in [1.807, 2.05) is 11.8 Å². The number of benzene rings is 2. The Hall–Kier alpha value is -0.950. The van der Waals surface area contributed by atoms with Crippen LogP contribution in [-0.2, 0) is 0 Å². The molecule has 0 atom stereocenters. The Labute approximate surface area is 102 Å². The molecule has 0 nitrogen and oxygen atoms in total. The highest BCUT2D eigenvalue weighted by Gasteiger charge is 1.97. The maximum absolute atomic E-state index is 2.30. The number of thioether (sulfide) groups is 1. The summed E-state index contributed by atoms with van der Waals surface area (Å²) in [6, 6.07) is 13.4. The molecule has 2 rings (SSSR count). The van der Waals surface area contributed by atoms with Crippen LogP contribution >= 0.6 is 11.8 Å². The molecular formula is C15H18S. The second kappa shape index (κ2) is 5.40. The van der Waals surface area contributed by atoms with Crippen molar-refractivity contribution in [3.05, 3.63) is 42.0 Å². The van der Waals surface area contributed by atoms with Gasteiger partial charge in [-0.2, -0.15) is 0 Å². The summed E-state index contributed by atoms with van der Waals surface area (Å²) in [6.45, 7) is 4.38. The van der Waals surface area contributed by atoms with Crippen molar-refractivity contribution in [1.82, 2.24) is 0 Å². The quantitative estimate of drug-likeness (QED) is 0.523. The Morgan fingerprint density at radius 1 is 1.00 bits per heavy atom. The van der Waals surface area contributed by atoms with E-state index in [-0.39, 0.29) is 0 Å². The highest BCUT2D eigenvalue weighted by molar-refractivity contribution is 7.99. The second-order valence-corrected chi connectivity index (χ2v) is 5.38. The average molecular weight is 230 g/mol. The van der Waals surface area contributed by atoms with Crippen LogP contribution in [0.15, 0.2) is 41.3 Å². The van der Waals surface area contributed by atoms with Crippen molar-refractivity contribution in [2.45, 2.75) is 31.6 Å². The summed E-state index contributed by atoms with van der Waals surface area (Å²) >= 11 is 1.96. The molecule has 0 radical (unpaired) electrons. The number of aryl methyl sites for hydroxylation is 1. The zero-order valence-electron chi connectivity index (χ0n) is 9.99. The molecule has 0 amide bonds. The van der Waals surface area contributed by atoms with Gasteiger partial charge in [0.2, 0.25) is 0 Å². The second-order valence-electron chi connectivity index (χ2n) is 4.21. The van der Waals surface area contributed by atoms with Gasteiger partial charge in [-0.05, 0) is 42.0 Å². The Morgan fingerprint density at radius 3 is 2.56 bits per heavy atom. The largest absolute Gasteiger partial charge is 0.126 e. The molecule has 0 N–H and O–H groups in total. The summed E-state index contributed by atoms with van der Waals surface area (Å²) in [4.78, 5) is 1.39. The highest BCUT2D eigenvalue weighted by Crippen LogP contribution is 2.25. The third-order valence-electron chi connectivity index (χ3n) is 2.73. The van der Waals surface area contributed by atoms with Crippen LogP contribution in [0, 0.1) is 6.92 Å². The molecule has 0 aliphatic rings. The van der Waals surface area contributed by atoms with Crippen molar-refractivity contribution >= 4 is 22.5 Å². The number of hydrogen-bond donors (Lipinski definition) is 0. The van der Waals surface area contributed by atoms with E-state index in [0.717, 1.165) is 0 Å². The molecule has 0 bridgehead atoms. The van der Waals surface area contributed by atoms with Gasteiger partial charge in [0.1, 0.15) is 0 Å². The Balaban J connectivity index is 2.20. The van der Waals surface area contributed by atoms with Crippen LogP contribution in [0.5, 0.6) is 0 Å². The summed E-state index contributed by atoms with van der Waals surface area (Å²) in [7, 11) is 0. The van der Waals surface area contributed by atoms with Crippen molar-refractivity contribution < 1.29 is 0 Å². The van der Waals surface area contributed by atoms with Crippen LogP contribution < -0.4 is 0 Å². The van der Waals surface area contributed by atoms with Gasteiger partial charge in [-0.1, -0.05) is 43.2 Å². The molecule has 16 heavy (non-hydrogen) atoms. The first-order valence-electron chi connectivity index (χ1n) is 5.93. The molecule has 0 spiro atoms. The first kappa shape index (κ1) is 11.5. The van der Waals surface area contributed by atoms with Gasteiger partial charge in [-0.25, -0.2) is 0 Å². The first-order valence-corrected chi connectivity index (χ1v) is 6.91. The van der Waals surface area contributed by atoms with Crippen LogP contribution in [0.4, 0.5) is 0 Å². The van der Waals surface area contributed by atoms with Crippen LogP contribution in [0.2, 0.25) is 0 Å². The van der Waals surface area contributed by atoms with Gasteiger partial charge in [-0.15, -0.1) is 11.8 Å². The van der Waals surface area contributed by atoms with Gasteiger partial charge in [0, 0.05) is 4.90 Å². The van der Waals surface area contributed by atoms with Gasteiger partial charge < -0.3 is 0 Å². The maximum atomic E-state index is 2.30. The van der Waals surface area contributed by atoms with Crippen molar-refractivity contribution in [2.24, 2.45) is 0 Å². The Kier molecular flexibility index (Phi) is 3.89. The number of unbranched alkanes of at least 4 members (excludes halogenated alkanes) is 1. The van der Waals surface area contributed by atoms with E-state index in [0.29, 0.717) is 0 Å². The van der Waals surface area contributed by atoms with E-state index < -0.39 is 0 Å². The zero-order valence-corrected chi connectivity index (χ0v) is 10.8. The predicted octanol–water partition coefficient (Wildman–Crippen LogP) is 5.04. The van der Waals surface area contributed by atoms with Crippen LogP contribution in [0.25, 0.3) is 10.8 Å². The van der Waals surface area contributed by atoms with Crippen LogP contribution in [0.3, 0.4) is 0 Å². The molecular weight excluding hydrogens is 212 g/mol. The molecule has 0 saturated heterocycles. The van der Waals surface area contributed by atoms with Gasteiger partial charge in [0.15, 0.2) is 0 Å². The van der Waals surface area contributed by atoms with Crippen molar-refractivity contribution in [3.8, 4) is 0 Å². The predicted molar refractivity (Wildman–Crippen MR) is 74.3 cm³/mol. The maximum Gasteiger partial charge on any atom is 0.00783 e. The minimum absolute atomic E-state index is 1.23. The minimum Gasteiger partial charge on any atom is -0.126 e. The lowest BCUT2D eigenvalue weighted by Gasteiger charge is -2.04. The third kappa shape index (κ3) is 2.79. The smallest absolute Gasteiger partial charge is 0.00783 e. The number of hydrogen-bond acceptors (Lipinski definition) is 1. The highest BCUT2D eigenvalue weighted by atomic mass is 32.2. The SMILES string of the molecule is CCCCSc1ccc2cc(C)ccc2c1. The summed E-state index contributed by atoms with van der Waals surface area (Å²) in [5.74, 6) is 1.23. The Morgan fingerprint density at radius 2 is 1.75 bits per heavy atom.